The number of benzene rings is 1. The maximum absolute atomic E-state index is 12.1. The van der Waals surface area contributed by atoms with Crippen LogP contribution in [0.4, 0.5) is 5.69 Å². The van der Waals surface area contributed by atoms with Crippen LogP contribution in [0.1, 0.15) is 36.5 Å². The summed E-state index contributed by atoms with van der Waals surface area (Å²) in [4.78, 5) is 12.1. The summed E-state index contributed by atoms with van der Waals surface area (Å²) in [7, 11) is 0. The summed E-state index contributed by atoms with van der Waals surface area (Å²) in [6.45, 7) is 3.10. The lowest BCUT2D eigenvalue weighted by molar-refractivity contribution is -0.0300. The third-order valence-corrected chi connectivity index (χ3v) is 3.40. The summed E-state index contributed by atoms with van der Waals surface area (Å²) in [6.07, 6.45) is 2.60. The average Bonchev–Trinajstić information content (AvgIpc) is 2.35. The standard InChI is InChI=1S/C14H20N2O2/c1-2-15-12-7-4-3-6-11(12)13(17)16-10-14(18)8-5-9-14/h3-4,6-7,15,18H,2,5,8-10H2,1H3,(H,16,17). The predicted octanol–water partition coefficient (Wildman–Crippen LogP) is 1.76. The molecule has 1 aromatic rings. The Morgan fingerprint density at radius 1 is 1.39 bits per heavy atom. The van der Waals surface area contributed by atoms with E-state index in [9.17, 15) is 9.90 Å². The highest BCUT2D eigenvalue weighted by Gasteiger charge is 2.34. The first-order chi connectivity index (χ1) is 8.64. The van der Waals surface area contributed by atoms with Crippen molar-refractivity contribution in [2.75, 3.05) is 18.4 Å². The van der Waals surface area contributed by atoms with Gasteiger partial charge in [0.25, 0.3) is 5.91 Å². The van der Waals surface area contributed by atoms with Gasteiger partial charge in [0.15, 0.2) is 0 Å². The lowest BCUT2D eigenvalue weighted by Crippen LogP contribution is -2.47. The fourth-order valence-electron chi connectivity index (χ4n) is 2.13. The van der Waals surface area contributed by atoms with E-state index >= 15 is 0 Å². The van der Waals surface area contributed by atoms with Crippen molar-refractivity contribution in [2.45, 2.75) is 31.8 Å². The molecule has 3 N–H and O–H groups in total. The number of para-hydroxylation sites is 1. The third kappa shape index (κ3) is 2.82. The zero-order chi connectivity index (χ0) is 13.0. The van der Waals surface area contributed by atoms with E-state index in [1.807, 2.05) is 25.1 Å². The Labute approximate surface area is 107 Å². The molecule has 4 heteroatoms. The van der Waals surface area contributed by atoms with Crippen molar-refractivity contribution in [1.82, 2.24) is 5.32 Å². The number of hydrogen-bond donors (Lipinski definition) is 3. The molecule has 98 valence electrons. The number of carbonyl (C=O) groups excluding carboxylic acids is 1. The third-order valence-electron chi connectivity index (χ3n) is 3.40. The van der Waals surface area contributed by atoms with Crippen molar-refractivity contribution < 1.29 is 9.90 Å². The van der Waals surface area contributed by atoms with Crippen molar-refractivity contribution in [2.24, 2.45) is 0 Å². The molecule has 1 aliphatic carbocycles. The fraction of sp³-hybridized carbons (Fsp3) is 0.500. The van der Waals surface area contributed by atoms with Crippen LogP contribution in [0, 0.1) is 0 Å². The molecule has 1 amide bonds. The maximum atomic E-state index is 12.1. The molecule has 1 aliphatic rings. The van der Waals surface area contributed by atoms with Gasteiger partial charge in [-0.15, -0.1) is 0 Å². The van der Waals surface area contributed by atoms with Crippen LogP contribution in [-0.4, -0.2) is 29.7 Å². The van der Waals surface area contributed by atoms with Gasteiger partial charge in [0, 0.05) is 18.8 Å². The van der Waals surface area contributed by atoms with Gasteiger partial charge in [-0.25, -0.2) is 0 Å². The molecule has 0 bridgehead atoms. The lowest BCUT2D eigenvalue weighted by atomic mass is 9.80. The van der Waals surface area contributed by atoms with Crippen molar-refractivity contribution in [3.63, 3.8) is 0 Å². The molecule has 0 atom stereocenters. The zero-order valence-electron chi connectivity index (χ0n) is 10.7. The van der Waals surface area contributed by atoms with Crippen LogP contribution in [0.15, 0.2) is 24.3 Å². The molecular weight excluding hydrogens is 228 g/mol. The quantitative estimate of drug-likeness (QED) is 0.744. The second-order valence-corrected chi connectivity index (χ2v) is 4.84. The number of aliphatic hydroxyl groups is 1. The van der Waals surface area contributed by atoms with Crippen molar-refractivity contribution in [1.29, 1.82) is 0 Å². The van der Waals surface area contributed by atoms with Gasteiger partial charge in [-0.1, -0.05) is 12.1 Å². The summed E-state index contributed by atoms with van der Waals surface area (Å²) in [6, 6.07) is 7.41. The molecule has 0 heterocycles. The van der Waals surface area contributed by atoms with E-state index in [1.165, 1.54) is 0 Å². The van der Waals surface area contributed by atoms with E-state index in [1.54, 1.807) is 6.07 Å². The summed E-state index contributed by atoms with van der Waals surface area (Å²) >= 11 is 0. The Hall–Kier alpha value is -1.55. The van der Waals surface area contributed by atoms with Gasteiger partial charge in [0.05, 0.1) is 11.2 Å². The molecule has 0 aromatic heterocycles. The first-order valence-electron chi connectivity index (χ1n) is 6.48. The van der Waals surface area contributed by atoms with Crippen molar-refractivity contribution in [3.8, 4) is 0 Å². The highest BCUT2D eigenvalue weighted by Crippen LogP contribution is 2.30. The number of anilines is 1. The van der Waals surface area contributed by atoms with Crippen LogP contribution in [0.5, 0.6) is 0 Å². The monoisotopic (exact) mass is 248 g/mol. The Balaban J connectivity index is 1.99. The van der Waals surface area contributed by atoms with Crippen LogP contribution >= 0.6 is 0 Å². The number of amides is 1. The Bertz CT molecular complexity index is 428. The van der Waals surface area contributed by atoms with Gasteiger partial charge in [0.1, 0.15) is 0 Å². The minimum Gasteiger partial charge on any atom is -0.388 e. The molecule has 0 spiro atoms. The van der Waals surface area contributed by atoms with Gasteiger partial charge in [-0.2, -0.15) is 0 Å². The maximum Gasteiger partial charge on any atom is 0.253 e. The Morgan fingerprint density at radius 2 is 2.11 bits per heavy atom. The van der Waals surface area contributed by atoms with Crippen LogP contribution < -0.4 is 10.6 Å². The first-order valence-corrected chi connectivity index (χ1v) is 6.48. The van der Waals surface area contributed by atoms with Crippen molar-refractivity contribution >= 4 is 11.6 Å². The number of nitrogens with one attached hydrogen (secondary N) is 2. The first kappa shape index (κ1) is 12.9. The van der Waals surface area contributed by atoms with E-state index < -0.39 is 5.60 Å². The largest absolute Gasteiger partial charge is 0.388 e. The molecule has 4 nitrogen and oxygen atoms in total. The van der Waals surface area contributed by atoms with Crippen molar-refractivity contribution in [3.05, 3.63) is 29.8 Å². The lowest BCUT2D eigenvalue weighted by Gasteiger charge is -2.36. The molecule has 1 saturated carbocycles. The van der Waals surface area contributed by atoms with Gasteiger partial charge in [-0.05, 0) is 38.3 Å². The van der Waals surface area contributed by atoms with Crippen LogP contribution in [0.25, 0.3) is 0 Å². The molecule has 0 aliphatic heterocycles. The molecule has 1 fully saturated rings. The summed E-state index contributed by atoms with van der Waals surface area (Å²) < 4.78 is 0. The molecule has 0 unspecified atom stereocenters. The Morgan fingerprint density at radius 3 is 2.72 bits per heavy atom. The van der Waals surface area contributed by atoms with Crippen LogP contribution in [-0.2, 0) is 0 Å². The number of carbonyl (C=O) groups is 1. The normalized spacial score (nSPS) is 16.8. The Kier molecular flexibility index (Phi) is 3.87. The summed E-state index contributed by atoms with van der Waals surface area (Å²) in [5, 5.41) is 15.9. The van der Waals surface area contributed by atoms with Gasteiger partial charge in [0.2, 0.25) is 0 Å². The SMILES string of the molecule is CCNc1ccccc1C(=O)NCC1(O)CCC1. The average molecular weight is 248 g/mol. The molecule has 18 heavy (non-hydrogen) atoms. The topological polar surface area (TPSA) is 61.4 Å². The number of hydrogen-bond acceptors (Lipinski definition) is 3. The van der Waals surface area contributed by atoms with E-state index in [4.69, 9.17) is 0 Å². The zero-order valence-corrected chi connectivity index (χ0v) is 10.7. The van der Waals surface area contributed by atoms with E-state index in [0.29, 0.717) is 12.1 Å². The van der Waals surface area contributed by atoms with Crippen LogP contribution in [0.2, 0.25) is 0 Å². The van der Waals surface area contributed by atoms with E-state index in [2.05, 4.69) is 10.6 Å². The molecule has 0 radical (unpaired) electrons. The minimum absolute atomic E-state index is 0.133. The highest BCUT2D eigenvalue weighted by atomic mass is 16.3. The van der Waals surface area contributed by atoms with E-state index in [-0.39, 0.29) is 5.91 Å². The molecule has 2 rings (SSSR count). The van der Waals surface area contributed by atoms with E-state index in [0.717, 1.165) is 31.5 Å². The smallest absolute Gasteiger partial charge is 0.253 e. The number of rotatable bonds is 5. The summed E-state index contributed by atoms with van der Waals surface area (Å²) in [5.41, 5.74) is 0.781. The van der Waals surface area contributed by atoms with Crippen LogP contribution in [0.3, 0.4) is 0 Å². The molecule has 1 aromatic carbocycles. The summed E-state index contributed by atoms with van der Waals surface area (Å²) in [5.74, 6) is -0.133. The molecule has 0 saturated heterocycles. The second-order valence-electron chi connectivity index (χ2n) is 4.84. The second kappa shape index (κ2) is 5.40. The molecular formula is C14H20N2O2. The van der Waals surface area contributed by atoms with Gasteiger partial charge in [-0.3, -0.25) is 4.79 Å². The van der Waals surface area contributed by atoms with Gasteiger partial charge < -0.3 is 15.7 Å². The van der Waals surface area contributed by atoms with Gasteiger partial charge >= 0.3 is 0 Å². The minimum atomic E-state index is -0.678. The predicted molar refractivity (Wildman–Crippen MR) is 71.7 cm³/mol. The highest BCUT2D eigenvalue weighted by molar-refractivity contribution is 5.99. The fourth-order valence-corrected chi connectivity index (χ4v) is 2.13.